The van der Waals surface area contributed by atoms with Crippen LogP contribution in [0.15, 0.2) is 18.2 Å². The topological polar surface area (TPSA) is 29.1 Å². The highest BCUT2D eigenvalue weighted by atomic mass is 19.4. The molecule has 0 aliphatic carbocycles. The predicted octanol–water partition coefficient (Wildman–Crippen LogP) is 5.98. The molecule has 1 aromatic carbocycles. The number of hydrogen-bond donors (Lipinski definition) is 1. The lowest BCUT2D eigenvalue weighted by molar-refractivity contribution is -0.435. The van der Waals surface area contributed by atoms with Crippen molar-refractivity contribution in [3.63, 3.8) is 0 Å². The van der Waals surface area contributed by atoms with Crippen molar-refractivity contribution in [1.82, 2.24) is 0 Å². The largest absolute Gasteiger partial charge is 0.460 e. The van der Waals surface area contributed by atoms with Gasteiger partial charge in [0.15, 0.2) is 0 Å². The minimum Gasteiger partial charge on any atom is -0.321 e. The molecule has 172 valence electrons. The van der Waals surface area contributed by atoms with Crippen molar-refractivity contribution in [2.24, 2.45) is 0 Å². The molecule has 0 bridgehead atoms. The summed E-state index contributed by atoms with van der Waals surface area (Å²) in [6.07, 6.45) is -7.51. The van der Waals surface area contributed by atoms with E-state index in [2.05, 4.69) is 0 Å². The maximum atomic E-state index is 13.7. The Hall–Kier alpha value is -2.22. The van der Waals surface area contributed by atoms with Crippen LogP contribution in [0, 0.1) is 13.8 Å². The monoisotopic (exact) mass is 467 g/mol. The maximum absolute atomic E-state index is 13.7. The number of anilines is 1. The molecule has 1 N–H and O–H groups in total. The van der Waals surface area contributed by atoms with Crippen LogP contribution in [0.4, 0.5) is 62.8 Å². The first-order chi connectivity index (χ1) is 13.1. The highest BCUT2D eigenvalue weighted by molar-refractivity contribution is 5.97. The zero-order valence-corrected chi connectivity index (χ0v) is 14.6. The van der Waals surface area contributed by atoms with Gasteiger partial charge in [-0.2, -0.15) is 57.1 Å². The molecule has 0 aliphatic heterocycles. The van der Waals surface area contributed by atoms with Crippen LogP contribution in [-0.2, 0) is 4.79 Å². The first kappa shape index (κ1) is 25.8. The van der Waals surface area contributed by atoms with Crippen molar-refractivity contribution in [1.29, 1.82) is 0 Å². The van der Waals surface area contributed by atoms with Crippen LogP contribution in [0.5, 0.6) is 0 Å². The van der Waals surface area contributed by atoms with Crippen molar-refractivity contribution in [2.45, 2.75) is 49.6 Å². The normalized spacial score (nSPS) is 14.6. The van der Waals surface area contributed by atoms with E-state index >= 15 is 0 Å². The van der Waals surface area contributed by atoms with E-state index < -0.39 is 47.4 Å². The summed E-state index contributed by atoms with van der Waals surface area (Å²) < 4.78 is 169. The summed E-state index contributed by atoms with van der Waals surface area (Å²) in [5, 5.41) is 0.992. The number of rotatable bonds is 6. The second-order valence-electron chi connectivity index (χ2n) is 6.12. The summed E-state index contributed by atoms with van der Waals surface area (Å²) in [7, 11) is 0. The van der Waals surface area contributed by atoms with Crippen molar-refractivity contribution in [3.8, 4) is 0 Å². The summed E-state index contributed by atoms with van der Waals surface area (Å²) in [5.41, 5.74) is 0.0597. The van der Waals surface area contributed by atoms with Crippen LogP contribution in [0.25, 0.3) is 0 Å². The molecule has 0 atom stereocenters. The molecule has 0 spiro atoms. The zero-order chi connectivity index (χ0) is 24.1. The molecule has 1 amide bonds. The Bertz CT molecular complexity index is 813. The molecule has 15 heteroatoms. The summed E-state index contributed by atoms with van der Waals surface area (Å²) in [6.45, 7) is 2.82. The molecular weight excluding hydrogens is 457 g/mol. The third-order valence-corrected chi connectivity index (χ3v) is 3.98. The lowest BCUT2D eigenvalue weighted by Crippen LogP contribution is -2.71. The molecule has 0 unspecified atom stereocenters. The van der Waals surface area contributed by atoms with Gasteiger partial charge >= 0.3 is 41.7 Å². The van der Waals surface area contributed by atoms with E-state index in [1.54, 1.807) is 0 Å². The number of carbonyl (C=O) groups excluding carboxylic acids is 1. The van der Waals surface area contributed by atoms with Gasteiger partial charge in [0, 0.05) is 5.69 Å². The van der Waals surface area contributed by atoms with E-state index in [0.29, 0.717) is 5.56 Å². The number of hydrogen-bond acceptors (Lipinski definition) is 1. The lowest BCUT2D eigenvalue weighted by atomic mass is 9.93. The molecular formula is C15H10F13NO. The van der Waals surface area contributed by atoms with Crippen LogP contribution < -0.4 is 5.32 Å². The number of aryl methyl sites for hydroxylation is 2. The van der Waals surface area contributed by atoms with Crippen LogP contribution in [0.1, 0.15) is 11.1 Å². The Labute approximate surface area is 159 Å². The molecule has 0 saturated carbocycles. The molecule has 1 aromatic rings. The van der Waals surface area contributed by atoms with Gasteiger partial charge in [-0.15, -0.1) is 0 Å². The summed E-state index contributed by atoms with van der Waals surface area (Å²) in [4.78, 5) is 11.4. The predicted molar refractivity (Wildman–Crippen MR) is 75.3 cm³/mol. The summed E-state index contributed by atoms with van der Waals surface area (Å²) >= 11 is 0. The highest BCUT2D eigenvalue weighted by Gasteiger charge is 2.91. The van der Waals surface area contributed by atoms with Crippen LogP contribution in [0.2, 0.25) is 0 Å². The van der Waals surface area contributed by atoms with Crippen molar-refractivity contribution >= 4 is 11.6 Å². The number of nitrogens with one attached hydrogen (secondary N) is 1. The molecule has 1 rings (SSSR count). The average molecular weight is 467 g/mol. The lowest BCUT2D eigenvalue weighted by Gasteiger charge is -2.39. The molecule has 0 fully saturated rings. The molecule has 0 saturated heterocycles. The molecule has 0 aromatic heterocycles. The van der Waals surface area contributed by atoms with Crippen molar-refractivity contribution < 1.29 is 61.9 Å². The van der Waals surface area contributed by atoms with E-state index in [0.717, 1.165) is 23.5 Å². The van der Waals surface area contributed by atoms with E-state index in [1.807, 2.05) is 0 Å². The van der Waals surface area contributed by atoms with Crippen LogP contribution in [-0.4, -0.2) is 41.7 Å². The second-order valence-corrected chi connectivity index (χ2v) is 6.12. The second kappa shape index (κ2) is 7.18. The summed E-state index contributed by atoms with van der Waals surface area (Å²) in [5.74, 6) is -41.7. The number of amides is 1. The van der Waals surface area contributed by atoms with Gasteiger partial charge in [0.25, 0.3) is 0 Å². The van der Waals surface area contributed by atoms with Gasteiger partial charge in [-0.25, -0.2) is 0 Å². The first-order valence-corrected chi connectivity index (χ1v) is 7.40. The Balaban J connectivity index is 3.40. The smallest absolute Gasteiger partial charge is 0.321 e. The Kier molecular flexibility index (Phi) is 6.18. The minimum atomic E-state index is -8.05. The number of halogens is 13. The third kappa shape index (κ3) is 3.66. The molecule has 0 aliphatic rings. The van der Waals surface area contributed by atoms with Crippen LogP contribution >= 0.6 is 0 Å². The highest BCUT2D eigenvalue weighted by Crippen LogP contribution is 2.60. The third-order valence-electron chi connectivity index (χ3n) is 3.98. The van der Waals surface area contributed by atoms with Gasteiger partial charge in [0.1, 0.15) is 0 Å². The van der Waals surface area contributed by atoms with E-state index in [-0.39, 0.29) is 5.56 Å². The fourth-order valence-corrected chi connectivity index (χ4v) is 1.94. The van der Waals surface area contributed by atoms with Gasteiger partial charge in [0.2, 0.25) is 0 Å². The molecule has 2 nitrogen and oxygen atoms in total. The van der Waals surface area contributed by atoms with Crippen molar-refractivity contribution in [3.05, 3.63) is 29.3 Å². The van der Waals surface area contributed by atoms with Gasteiger partial charge in [0.05, 0.1) is 0 Å². The minimum absolute atomic E-state index is 0.268. The fourth-order valence-electron chi connectivity index (χ4n) is 1.94. The van der Waals surface area contributed by atoms with Gasteiger partial charge < -0.3 is 5.32 Å². The zero-order valence-electron chi connectivity index (χ0n) is 14.6. The SMILES string of the molecule is Cc1ccc(NC(=O)C(F)(F)C(F)(F)C(F)(F)C(F)(F)C(F)(F)C(F)(F)F)cc1C. The number of alkyl halides is 13. The van der Waals surface area contributed by atoms with E-state index in [1.165, 1.54) is 13.8 Å². The Morgan fingerprint density at radius 2 is 1.10 bits per heavy atom. The number of benzene rings is 1. The fraction of sp³-hybridized carbons (Fsp3) is 0.533. The van der Waals surface area contributed by atoms with E-state index in [9.17, 15) is 61.9 Å². The number of carbonyl (C=O) groups is 1. The Morgan fingerprint density at radius 3 is 1.50 bits per heavy atom. The van der Waals surface area contributed by atoms with Gasteiger partial charge in [-0.1, -0.05) is 6.07 Å². The standard InChI is InChI=1S/C15H10F13NO/c1-6-3-4-8(5-7(6)2)29-9(30)10(16,17)11(18,19)12(20,21)13(22,23)14(24,25)15(26,27)28/h3-5H,1-2H3,(H,29,30). The molecule has 0 heterocycles. The van der Waals surface area contributed by atoms with E-state index in [4.69, 9.17) is 0 Å². The quantitative estimate of drug-likeness (QED) is 0.513. The average Bonchev–Trinajstić information content (AvgIpc) is 2.56. The van der Waals surface area contributed by atoms with Gasteiger partial charge in [-0.3, -0.25) is 4.79 Å². The van der Waals surface area contributed by atoms with Gasteiger partial charge in [-0.05, 0) is 37.1 Å². The molecule has 30 heavy (non-hydrogen) atoms. The van der Waals surface area contributed by atoms with Crippen molar-refractivity contribution in [2.75, 3.05) is 5.32 Å². The maximum Gasteiger partial charge on any atom is 0.460 e. The van der Waals surface area contributed by atoms with Crippen LogP contribution in [0.3, 0.4) is 0 Å². The Morgan fingerprint density at radius 1 is 0.667 bits per heavy atom. The summed E-state index contributed by atoms with van der Waals surface area (Å²) in [6, 6.07) is 2.85. The first-order valence-electron chi connectivity index (χ1n) is 7.40. The molecule has 0 radical (unpaired) electrons.